The number of carbonyl (C=O) groups excluding carboxylic acids is 2. The summed E-state index contributed by atoms with van der Waals surface area (Å²) in [7, 11) is 0. The highest BCUT2D eigenvalue weighted by Gasteiger charge is 2.11. The number of ether oxygens (including phenoxy) is 3. The molecule has 11 heteroatoms. The summed E-state index contributed by atoms with van der Waals surface area (Å²) in [6.07, 6.45) is 4.73. The number of azo groups is 2. The first kappa shape index (κ1) is 39.6. The Balaban J connectivity index is 0.921. The fourth-order valence-corrected chi connectivity index (χ4v) is 6.21. The molecule has 0 aliphatic rings. The highest BCUT2D eigenvalue weighted by molar-refractivity contribution is 6.02. The van der Waals surface area contributed by atoms with Gasteiger partial charge in [-0.15, -0.1) is 15.3 Å². The van der Waals surface area contributed by atoms with Crippen LogP contribution in [0.15, 0.2) is 185 Å². The predicted octanol–water partition coefficient (Wildman–Crippen LogP) is 13.2. The molecule has 0 amide bonds. The van der Waals surface area contributed by atoms with Gasteiger partial charge in [0.25, 0.3) is 0 Å². The monoisotopic (exact) mass is 782 g/mol. The molecule has 0 unspecified atom stereocenters. The molecule has 0 aliphatic heterocycles. The molecule has 0 fully saturated rings. The number of nitrogens with zero attached hydrogens (tertiary/aromatic N) is 4. The number of anilines is 2. The van der Waals surface area contributed by atoms with E-state index in [4.69, 9.17) is 19.3 Å². The van der Waals surface area contributed by atoms with Gasteiger partial charge >= 0.3 is 11.9 Å². The summed E-state index contributed by atoms with van der Waals surface area (Å²) < 4.78 is 16.4. The van der Waals surface area contributed by atoms with Crippen molar-refractivity contribution < 1.29 is 23.8 Å². The highest BCUT2D eigenvalue weighted by Crippen LogP contribution is 2.37. The number of unbranched alkanes of at least 4 members (excludes halogenated alkanes) is 3. The number of hydrogen-bond acceptors (Lipinski definition) is 11. The van der Waals surface area contributed by atoms with Crippen LogP contribution in [0, 0.1) is 0 Å². The summed E-state index contributed by atoms with van der Waals surface area (Å²) in [6.45, 7) is 4.33. The zero-order valence-electron chi connectivity index (χ0n) is 32.3. The normalized spacial score (nSPS) is 11.2. The Kier molecular flexibility index (Phi) is 13.4. The molecule has 0 bridgehead atoms. The second-order valence-electron chi connectivity index (χ2n) is 13.4. The van der Waals surface area contributed by atoms with Gasteiger partial charge in [-0.05, 0) is 111 Å². The molecule has 11 nitrogen and oxygen atoms in total. The van der Waals surface area contributed by atoms with Gasteiger partial charge in [-0.1, -0.05) is 73.3 Å². The second kappa shape index (κ2) is 20.0. The Morgan fingerprint density at radius 1 is 0.525 bits per heavy atom. The number of fused-ring (bicyclic) bond motifs is 2. The lowest BCUT2D eigenvalue weighted by Gasteiger charge is -2.14. The molecular weight excluding hydrogens is 741 g/mol. The van der Waals surface area contributed by atoms with Crippen molar-refractivity contribution in [2.24, 2.45) is 20.5 Å². The summed E-state index contributed by atoms with van der Waals surface area (Å²) in [6, 6.07) is 47.3. The van der Waals surface area contributed by atoms with E-state index in [9.17, 15) is 9.59 Å². The van der Waals surface area contributed by atoms with Gasteiger partial charge in [-0.3, -0.25) is 0 Å². The minimum atomic E-state index is -0.466. The minimum Gasteiger partial charge on any atom is -0.494 e. The van der Waals surface area contributed by atoms with Crippen LogP contribution in [0.4, 0.5) is 34.1 Å². The first-order valence-electron chi connectivity index (χ1n) is 19.3. The first-order valence-corrected chi connectivity index (χ1v) is 19.3. The van der Waals surface area contributed by atoms with Crippen LogP contribution < -0.4 is 20.3 Å². The van der Waals surface area contributed by atoms with E-state index in [1.54, 1.807) is 36.4 Å². The summed E-state index contributed by atoms with van der Waals surface area (Å²) >= 11 is 0. The maximum Gasteiger partial charge on any atom is 0.343 e. The molecular formula is C48H42N6O5. The Hall–Kier alpha value is -7.66. The van der Waals surface area contributed by atoms with Crippen molar-refractivity contribution in [1.82, 2.24) is 0 Å². The van der Waals surface area contributed by atoms with Crippen LogP contribution in [-0.2, 0) is 9.53 Å². The maximum atomic E-state index is 12.8. The quantitative estimate of drug-likeness (QED) is 0.0221. The van der Waals surface area contributed by atoms with Crippen molar-refractivity contribution >= 4 is 67.6 Å². The van der Waals surface area contributed by atoms with E-state index < -0.39 is 11.9 Å². The molecule has 0 radical (unpaired) electrons. The first-order chi connectivity index (χ1) is 29.0. The molecule has 0 heterocycles. The predicted molar refractivity (Wildman–Crippen MR) is 233 cm³/mol. The van der Waals surface area contributed by atoms with Crippen LogP contribution in [0.25, 0.3) is 21.5 Å². The highest BCUT2D eigenvalue weighted by atomic mass is 16.5. The van der Waals surface area contributed by atoms with Gasteiger partial charge in [0.2, 0.25) is 0 Å². The summed E-state index contributed by atoms with van der Waals surface area (Å²) in [5.74, 6) is 0.230. The van der Waals surface area contributed by atoms with Crippen LogP contribution in [0.1, 0.15) is 36.0 Å². The molecule has 294 valence electrons. The third kappa shape index (κ3) is 10.8. The number of hydrogen-bond donors (Lipinski definition) is 2. The van der Waals surface area contributed by atoms with Crippen LogP contribution in [-0.4, -0.2) is 25.2 Å². The van der Waals surface area contributed by atoms with Crippen molar-refractivity contribution in [3.8, 4) is 11.5 Å². The average molecular weight is 783 g/mol. The number of carbonyl (C=O) groups is 2. The number of rotatable bonds is 18. The lowest BCUT2D eigenvalue weighted by molar-refractivity contribution is -0.137. The van der Waals surface area contributed by atoms with E-state index in [1.165, 1.54) is 6.08 Å². The lowest BCUT2D eigenvalue weighted by atomic mass is 10.1. The second-order valence-corrected chi connectivity index (χ2v) is 13.4. The van der Waals surface area contributed by atoms with E-state index in [2.05, 4.69) is 32.8 Å². The fraction of sp³-hybridized carbons (Fsp3) is 0.125. The molecule has 7 rings (SSSR count). The average Bonchev–Trinajstić information content (AvgIpc) is 3.29. The van der Waals surface area contributed by atoms with Crippen LogP contribution >= 0.6 is 0 Å². The van der Waals surface area contributed by atoms with Crippen molar-refractivity contribution in [3.05, 3.63) is 170 Å². The van der Waals surface area contributed by atoms with Gasteiger partial charge in [0, 0.05) is 27.6 Å². The summed E-state index contributed by atoms with van der Waals surface area (Å²) in [5.41, 5.74) is 11.6. The van der Waals surface area contributed by atoms with Gasteiger partial charge in [0.1, 0.15) is 11.5 Å². The lowest BCUT2D eigenvalue weighted by Crippen LogP contribution is -2.10. The number of nitrogens with one attached hydrogen (secondary N) is 2. The molecule has 0 saturated carbocycles. The minimum absolute atomic E-state index is 0.396. The summed E-state index contributed by atoms with van der Waals surface area (Å²) in [5, 5.41) is 22.0. The van der Waals surface area contributed by atoms with Gasteiger partial charge in [0.05, 0.1) is 52.9 Å². The molecule has 7 aromatic carbocycles. The molecule has 0 aliphatic carbocycles. The molecule has 0 saturated heterocycles. The van der Waals surface area contributed by atoms with E-state index in [1.807, 2.05) is 115 Å². The number of hydrazine groups is 1. The largest absolute Gasteiger partial charge is 0.494 e. The Bertz CT molecular complexity index is 2590. The molecule has 0 spiro atoms. The van der Waals surface area contributed by atoms with Crippen molar-refractivity contribution in [2.45, 2.75) is 25.7 Å². The van der Waals surface area contributed by atoms with Crippen LogP contribution in [0.2, 0.25) is 0 Å². The SMILES string of the molecule is C=CC(=O)OCCCCCCOc1ccc(C(=O)Oc2ccc(NNc3ccc(N=Nc4ccc(N=Nc5ccccc5)c5ccccc45)c4ccccc34)cc2)cc1. The van der Waals surface area contributed by atoms with Crippen LogP contribution in [0.5, 0.6) is 11.5 Å². The fourth-order valence-electron chi connectivity index (χ4n) is 6.21. The molecule has 59 heavy (non-hydrogen) atoms. The standard InChI is InChI=1S/C48H42N6O5/c1-2-47(55)58-33-13-4-3-12-32-57-37-24-20-34(21-25-37)48(56)59-38-26-22-36(23-27-38)50-52-44-29-31-46(42-19-11-9-17-40(42)44)54-53-45-30-28-43(39-16-8-10-18-41(39)45)51-49-35-14-6-5-7-15-35/h2,5-11,14-31,50,52H,1,3-4,12-13,32-33H2. The van der Waals surface area contributed by atoms with Gasteiger partial charge in [-0.2, -0.15) is 5.11 Å². The van der Waals surface area contributed by atoms with Gasteiger partial charge in [0.15, 0.2) is 0 Å². The van der Waals surface area contributed by atoms with Gasteiger partial charge in [-0.25, -0.2) is 9.59 Å². The van der Waals surface area contributed by atoms with Crippen LogP contribution in [0.3, 0.4) is 0 Å². The van der Waals surface area contributed by atoms with E-state index in [0.29, 0.717) is 30.3 Å². The zero-order valence-corrected chi connectivity index (χ0v) is 32.3. The van der Waals surface area contributed by atoms with E-state index in [0.717, 1.165) is 81.4 Å². The third-order valence-electron chi connectivity index (χ3n) is 9.29. The topological polar surface area (TPSA) is 135 Å². The molecule has 7 aromatic rings. The smallest absolute Gasteiger partial charge is 0.343 e. The van der Waals surface area contributed by atoms with E-state index in [-0.39, 0.29) is 0 Å². The van der Waals surface area contributed by atoms with Crippen molar-refractivity contribution in [2.75, 3.05) is 24.1 Å². The Labute approximate surface area is 342 Å². The number of esters is 2. The Morgan fingerprint density at radius 3 is 1.71 bits per heavy atom. The van der Waals surface area contributed by atoms with Gasteiger partial charge < -0.3 is 25.1 Å². The molecule has 2 N–H and O–H groups in total. The third-order valence-corrected chi connectivity index (χ3v) is 9.29. The summed E-state index contributed by atoms with van der Waals surface area (Å²) in [4.78, 5) is 23.9. The zero-order chi connectivity index (χ0) is 40.7. The maximum absolute atomic E-state index is 12.8. The van der Waals surface area contributed by atoms with Crippen molar-refractivity contribution in [1.29, 1.82) is 0 Å². The van der Waals surface area contributed by atoms with E-state index >= 15 is 0 Å². The molecule has 0 aromatic heterocycles. The van der Waals surface area contributed by atoms with Crippen molar-refractivity contribution in [3.63, 3.8) is 0 Å². The number of benzene rings is 7. The Morgan fingerprint density at radius 2 is 1.07 bits per heavy atom. The molecule has 0 atom stereocenters.